The summed E-state index contributed by atoms with van der Waals surface area (Å²) in [4.78, 5) is 12.4. The minimum absolute atomic E-state index is 0.0400. The summed E-state index contributed by atoms with van der Waals surface area (Å²) in [5.41, 5.74) is 0. The molecule has 0 saturated carbocycles. The number of quaternary nitrogens is 1. The number of phosphoric ester groups is 1. The molecule has 3 unspecified atom stereocenters. The van der Waals surface area contributed by atoms with Crippen LogP contribution in [0.5, 0.6) is 0 Å². The summed E-state index contributed by atoms with van der Waals surface area (Å²) in [7, 11) is -3.33. The maximum absolute atomic E-state index is 15.1. The number of likely N-dealkylation sites (N-methyl/N-ethyl adjacent to an activating group) is 1. The number of unbranched alkanes of at least 4 members (excludes halogenated alkanes) is 27. The molecule has 0 heterocycles. The molecule has 0 aliphatic heterocycles. The van der Waals surface area contributed by atoms with Crippen molar-refractivity contribution in [1.29, 1.82) is 0 Å². The Hall–Kier alpha value is -0.290. The second-order valence-electron chi connectivity index (χ2n) is 16.2. The highest BCUT2D eigenvalue weighted by Crippen LogP contribution is 2.51. The first-order valence-corrected chi connectivity index (χ1v) is 25.0. The number of hydrogen-bond donors (Lipinski definition) is 0. The summed E-state index contributed by atoms with van der Waals surface area (Å²) in [6.07, 6.45) is 38.3. The molecule has 0 N–H and O–H groups in total. The first-order chi connectivity index (χ1) is 25.4. The van der Waals surface area contributed by atoms with Gasteiger partial charge in [-0.25, -0.2) is 0 Å². The second kappa shape index (κ2) is 36.1. The van der Waals surface area contributed by atoms with Crippen molar-refractivity contribution in [2.75, 3.05) is 60.3 Å². The molecule has 0 saturated heterocycles. The zero-order valence-electron chi connectivity index (χ0n) is 35.0. The zero-order valence-corrected chi connectivity index (χ0v) is 36.8. The van der Waals surface area contributed by atoms with Gasteiger partial charge in [-0.15, -0.1) is 12.3 Å². The van der Waals surface area contributed by atoms with Crippen LogP contribution in [0, 0.1) is 12.3 Å². The van der Waals surface area contributed by atoms with Gasteiger partial charge in [-0.2, -0.15) is 4.20 Å². The molecule has 0 amide bonds. The lowest BCUT2D eigenvalue weighted by molar-refractivity contribution is -0.870. The van der Waals surface area contributed by atoms with Gasteiger partial charge in [0.25, 0.3) is 7.82 Å². The second-order valence-corrected chi connectivity index (χ2v) is 19.5. The van der Waals surface area contributed by atoms with E-state index in [0.29, 0.717) is 24.1 Å². The fourth-order valence-electron chi connectivity index (χ4n) is 6.28. The van der Waals surface area contributed by atoms with Crippen LogP contribution >= 0.6 is 15.5 Å². The average molecular weight is 796 g/mol. The van der Waals surface area contributed by atoms with E-state index in [9.17, 15) is 14.0 Å². The molecule has 0 aliphatic rings. The van der Waals surface area contributed by atoms with Gasteiger partial charge in [0, 0.05) is 13.0 Å². The van der Waals surface area contributed by atoms with Crippen LogP contribution in [0.1, 0.15) is 193 Å². The number of nitrogens with zero attached hydrogens (tertiary/aromatic N) is 1. The lowest BCUT2D eigenvalue weighted by atomic mass is 10.0. The van der Waals surface area contributed by atoms with Crippen molar-refractivity contribution >= 4 is 15.5 Å². The van der Waals surface area contributed by atoms with E-state index in [0.717, 1.165) is 57.8 Å². The van der Waals surface area contributed by atoms with Crippen molar-refractivity contribution in [2.24, 2.45) is 0 Å². The predicted octanol–water partition coefficient (Wildman–Crippen LogP) is 12.7. The van der Waals surface area contributed by atoms with Crippen LogP contribution < -0.4 is 4.89 Å². The van der Waals surface area contributed by atoms with Gasteiger partial charge in [-0.1, -0.05) is 167 Å². The molecule has 0 aromatic rings. The summed E-state index contributed by atoms with van der Waals surface area (Å²) in [6.45, 7) is 2.51. The number of hydrogen-bond acceptors (Lipinski definition) is 7. The van der Waals surface area contributed by atoms with Crippen LogP contribution in [0.25, 0.3) is 0 Å². The molecule has 0 aliphatic carbocycles. The normalized spacial score (nSPS) is 14.9. The van der Waals surface area contributed by atoms with E-state index < -0.39 is 28.2 Å². The summed E-state index contributed by atoms with van der Waals surface area (Å²) < 4.78 is 61.9. The van der Waals surface area contributed by atoms with Gasteiger partial charge >= 0.3 is 7.68 Å². The third kappa shape index (κ3) is 41.2. The van der Waals surface area contributed by atoms with Crippen molar-refractivity contribution in [3.05, 3.63) is 0 Å². The number of terminal acetylenes is 1. The highest BCUT2D eigenvalue weighted by molar-refractivity contribution is 7.53. The number of phosphoric acid groups is 1. The predicted molar refractivity (Wildman–Crippen MR) is 220 cm³/mol. The van der Waals surface area contributed by atoms with Crippen LogP contribution in [0.3, 0.4) is 0 Å². The monoisotopic (exact) mass is 796 g/mol. The third-order valence-electron chi connectivity index (χ3n) is 9.68. The molecule has 0 aromatic carbocycles. The Kier molecular flexibility index (Phi) is 35.9. The van der Waals surface area contributed by atoms with Crippen molar-refractivity contribution in [3.8, 4) is 12.3 Å². The van der Waals surface area contributed by atoms with E-state index in [4.69, 9.17) is 24.7 Å². The van der Waals surface area contributed by atoms with Gasteiger partial charge in [0.05, 0.1) is 40.5 Å². The van der Waals surface area contributed by atoms with Gasteiger partial charge in [0.2, 0.25) is 0 Å². The van der Waals surface area contributed by atoms with Crippen molar-refractivity contribution in [2.45, 2.75) is 199 Å². The Balaban J connectivity index is 4.32. The van der Waals surface area contributed by atoms with Gasteiger partial charge in [0.15, 0.2) is 0 Å². The molecule has 0 rings (SSSR count). The number of ether oxygens (including phenoxy) is 1. The average Bonchev–Trinajstić information content (AvgIpc) is 3.09. The molecule has 0 aromatic heterocycles. The highest BCUT2D eigenvalue weighted by Gasteiger charge is 2.28. The summed E-state index contributed by atoms with van der Waals surface area (Å²) in [6, 6.07) is 0. The Morgan fingerprint density at radius 3 is 1.45 bits per heavy atom. The number of rotatable bonds is 42. The molecular weight excluding hydrogens is 711 g/mol. The fourth-order valence-corrected chi connectivity index (χ4v) is 8.29. The van der Waals surface area contributed by atoms with Gasteiger partial charge in [0.1, 0.15) is 19.3 Å². The standard InChI is InChI=1S/C42H84FNO7P2/c1-6-8-10-12-14-16-18-20-22-23-25-27-29-31-33-35-39-52(43,45)51-42(41-50-53(46,47)49-38-36-44(3,4)5)40-48-37-34-32-30-28-26-24-21-19-17-15-13-11-9-7-2/h1,42H,7-41H2,2-5H3. The molecule has 0 bridgehead atoms. The largest absolute Gasteiger partial charge is 0.756 e. The van der Waals surface area contributed by atoms with Crippen LogP contribution in [0.15, 0.2) is 0 Å². The molecule has 0 spiro atoms. The van der Waals surface area contributed by atoms with Crippen molar-refractivity contribution in [1.82, 2.24) is 0 Å². The van der Waals surface area contributed by atoms with Gasteiger partial charge in [-0.05, 0) is 19.3 Å². The van der Waals surface area contributed by atoms with E-state index in [1.54, 1.807) is 0 Å². The highest BCUT2D eigenvalue weighted by atomic mass is 31.2. The summed E-state index contributed by atoms with van der Waals surface area (Å²) in [5, 5.41) is 0. The minimum atomic E-state index is -4.64. The zero-order chi connectivity index (χ0) is 39.4. The van der Waals surface area contributed by atoms with Crippen LogP contribution in [0.4, 0.5) is 4.20 Å². The molecule has 8 nitrogen and oxygen atoms in total. The summed E-state index contributed by atoms with van der Waals surface area (Å²) in [5.74, 6) is 2.70. The van der Waals surface area contributed by atoms with E-state index in [1.807, 2.05) is 21.1 Å². The Labute approximate surface area is 327 Å². The fraction of sp³-hybridized carbons (Fsp3) is 0.952. The molecule has 53 heavy (non-hydrogen) atoms. The van der Waals surface area contributed by atoms with Gasteiger partial charge in [-0.3, -0.25) is 13.7 Å². The quantitative estimate of drug-likeness (QED) is 0.0263. The Morgan fingerprint density at radius 2 is 1.02 bits per heavy atom. The van der Waals surface area contributed by atoms with Crippen molar-refractivity contribution < 1.29 is 41.0 Å². The SMILES string of the molecule is C#CCCCCCCCCCCCCCCCCP(=O)(F)OC(COCCCCCCCCCCCCCCCC)COP(=O)([O-])OCC[N+](C)(C)C. The Bertz CT molecular complexity index is 943. The maximum Gasteiger partial charge on any atom is 0.368 e. The molecule has 0 fully saturated rings. The minimum Gasteiger partial charge on any atom is -0.756 e. The lowest BCUT2D eigenvalue weighted by Crippen LogP contribution is -2.37. The third-order valence-corrected chi connectivity index (χ3v) is 12.1. The van der Waals surface area contributed by atoms with E-state index >= 15 is 4.20 Å². The van der Waals surface area contributed by atoms with E-state index in [-0.39, 0.29) is 19.4 Å². The first kappa shape index (κ1) is 52.7. The smallest absolute Gasteiger partial charge is 0.368 e. The van der Waals surface area contributed by atoms with Crippen LogP contribution in [0.2, 0.25) is 0 Å². The summed E-state index contributed by atoms with van der Waals surface area (Å²) >= 11 is 0. The molecule has 3 atom stereocenters. The van der Waals surface area contributed by atoms with Gasteiger partial charge < -0.3 is 23.2 Å². The molecule has 316 valence electrons. The lowest BCUT2D eigenvalue weighted by Gasteiger charge is -2.28. The van der Waals surface area contributed by atoms with Crippen LogP contribution in [-0.2, 0) is 27.4 Å². The number of halogens is 1. The van der Waals surface area contributed by atoms with Crippen molar-refractivity contribution in [3.63, 3.8) is 0 Å². The molecule has 11 heteroatoms. The Morgan fingerprint density at radius 1 is 0.604 bits per heavy atom. The van der Waals surface area contributed by atoms with E-state index in [2.05, 4.69) is 12.8 Å². The first-order valence-electron chi connectivity index (χ1n) is 21.8. The molecule has 0 radical (unpaired) electrons. The van der Waals surface area contributed by atoms with E-state index in [1.165, 1.54) is 122 Å². The molecular formula is C42H84FNO7P2. The topological polar surface area (TPSA) is 94.1 Å². The maximum atomic E-state index is 15.1. The van der Waals surface area contributed by atoms with Crippen LogP contribution in [-0.4, -0.2) is 70.9 Å².